The second-order valence-corrected chi connectivity index (χ2v) is 5.81. The molecule has 2 aromatic heterocycles. The van der Waals surface area contributed by atoms with Gasteiger partial charge in [0.2, 0.25) is 5.89 Å². The second-order valence-electron chi connectivity index (χ2n) is 5.40. The summed E-state index contributed by atoms with van der Waals surface area (Å²) in [5.41, 5.74) is 1.69. The lowest BCUT2D eigenvalue weighted by molar-refractivity contribution is 0.0467. The number of aromatic nitrogens is 2. The quantitative estimate of drug-likeness (QED) is 0.624. The lowest BCUT2D eigenvalue weighted by atomic mass is 10.1. The summed E-state index contributed by atoms with van der Waals surface area (Å²) in [5, 5.41) is 3.84. The van der Waals surface area contributed by atoms with Crippen LogP contribution in [0.3, 0.4) is 0 Å². The van der Waals surface area contributed by atoms with Crippen LogP contribution in [-0.4, -0.2) is 35.7 Å². The second kappa shape index (κ2) is 8.41. The molecule has 0 bridgehead atoms. The van der Waals surface area contributed by atoms with E-state index in [2.05, 4.69) is 20.0 Å². The minimum Gasteiger partial charge on any atom is -0.456 e. The lowest BCUT2D eigenvalue weighted by Gasteiger charge is -2.05. The van der Waals surface area contributed by atoms with Crippen LogP contribution in [0.4, 0.5) is 4.79 Å². The monoisotopic (exact) mass is 389 g/mol. The first kappa shape index (κ1) is 18.5. The number of halogens is 1. The number of fused-ring (bicyclic) bond motifs is 1. The van der Waals surface area contributed by atoms with Gasteiger partial charge in [0, 0.05) is 29.2 Å². The Morgan fingerprint density at radius 3 is 3.07 bits per heavy atom. The van der Waals surface area contributed by atoms with Crippen LogP contribution in [0.1, 0.15) is 21.9 Å². The van der Waals surface area contributed by atoms with Crippen LogP contribution in [0.2, 0.25) is 5.02 Å². The Morgan fingerprint density at radius 2 is 2.26 bits per heavy atom. The van der Waals surface area contributed by atoms with E-state index in [1.807, 2.05) is 18.2 Å². The predicted octanol–water partition coefficient (Wildman–Crippen LogP) is 3.54. The Labute approximate surface area is 159 Å². The molecule has 3 rings (SSSR count). The highest BCUT2D eigenvalue weighted by Crippen LogP contribution is 2.27. The molecule has 0 saturated carbocycles. The van der Waals surface area contributed by atoms with Crippen molar-refractivity contribution in [2.24, 2.45) is 0 Å². The zero-order chi connectivity index (χ0) is 19.2. The van der Waals surface area contributed by atoms with Crippen LogP contribution in [0, 0.1) is 0 Å². The molecule has 27 heavy (non-hydrogen) atoms. The highest BCUT2D eigenvalue weighted by Gasteiger charge is 2.14. The Morgan fingerprint density at radius 1 is 1.41 bits per heavy atom. The molecule has 0 atom stereocenters. The summed E-state index contributed by atoms with van der Waals surface area (Å²) in [4.78, 5) is 30.1. The smallest absolute Gasteiger partial charge is 0.407 e. The summed E-state index contributed by atoms with van der Waals surface area (Å²) in [7, 11) is 1.27. The third kappa shape index (κ3) is 4.48. The normalized spacial score (nSPS) is 11.0. The van der Waals surface area contributed by atoms with Crippen molar-refractivity contribution < 1.29 is 23.5 Å². The Kier molecular flexibility index (Phi) is 5.77. The van der Waals surface area contributed by atoms with Gasteiger partial charge < -0.3 is 24.2 Å². The van der Waals surface area contributed by atoms with Gasteiger partial charge in [-0.05, 0) is 12.1 Å². The molecule has 2 N–H and O–H groups in total. The number of methoxy groups -OCH3 is 1. The van der Waals surface area contributed by atoms with Crippen LogP contribution in [0.25, 0.3) is 17.0 Å². The van der Waals surface area contributed by atoms with E-state index in [9.17, 15) is 9.59 Å². The number of aromatic amines is 1. The number of nitrogens with zero attached hydrogens (tertiary/aromatic N) is 1. The van der Waals surface area contributed by atoms with Crippen molar-refractivity contribution in [3.05, 3.63) is 58.9 Å². The maximum absolute atomic E-state index is 12.2. The number of carbonyl (C=O) groups is 2. The fraction of sp³-hybridized carbons (Fsp3) is 0.167. The highest BCUT2D eigenvalue weighted by molar-refractivity contribution is 6.35. The molecule has 3 aromatic rings. The standard InChI is InChI=1S/C18H16ClN3O5/c1-25-18(24)20-7-3-6-15-22-14(10-26-15)17(23)27-9-11-4-2-5-13-16(11)12(19)8-21-13/h2-6,8,10,21H,7,9H2,1H3,(H,20,24)/b6-3-. The number of rotatable bonds is 6. The first-order chi connectivity index (χ1) is 13.1. The summed E-state index contributed by atoms with van der Waals surface area (Å²) in [6.07, 6.45) is 5.47. The molecule has 0 saturated heterocycles. The number of H-pyrrole nitrogens is 1. The molecule has 0 spiro atoms. The van der Waals surface area contributed by atoms with Gasteiger partial charge in [0.15, 0.2) is 5.69 Å². The van der Waals surface area contributed by atoms with Gasteiger partial charge in [-0.25, -0.2) is 14.6 Å². The minimum atomic E-state index is -0.616. The fourth-order valence-corrected chi connectivity index (χ4v) is 2.66. The molecule has 0 fully saturated rings. The summed E-state index contributed by atoms with van der Waals surface area (Å²) >= 11 is 6.16. The average molecular weight is 390 g/mol. The Balaban J connectivity index is 1.59. The van der Waals surface area contributed by atoms with Gasteiger partial charge in [-0.3, -0.25) is 0 Å². The lowest BCUT2D eigenvalue weighted by Crippen LogP contribution is -2.22. The number of alkyl carbamates (subject to hydrolysis) is 1. The number of amides is 1. The summed E-state index contributed by atoms with van der Waals surface area (Å²) in [6, 6.07) is 5.57. The highest BCUT2D eigenvalue weighted by atomic mass is 35.5. The predicted molar refractivity (Wildman–Crippen MR) is 98.4 cm³/mol. The van der Waals surface area contributed by atoms with Crippen molar-refractivity contribution in [3.8, 4) is 0 Å². The molecule has 0 aliphatic rings. The number of benzene rings is 1. The third-order valence-electron chi connectivity index (χ3n) is 3.64. The molecule has 1 aromatic carbocycles. The number of carbonyl (C=O) groups excluding carboxylic acids is 2. The molecule has 8 nitrogen and oxygen atoms in total. The maximum atomic E-state index is 12.2. The van der Waals surface area contributed by atoms with Crippen LogP contribution < -0.4 is 5.32 Å². The Bertz CT molecular complexity index is 992. The van der Waals surface area contributed by atoms with E-state index < -0.39 is 12.1 Å². The molecule has 140 valence electrons. The van der Waals surface area contributed by atoms with E-state index in [0.29, 0.717) is 5.02 Å². The molecule has 0 aliphatic heterocycles. The van der Waals surface area contributed by atoms with Gasteiger partial charge in [0.1, 0.15) is 12.9 Å². The molecule has 2 heterocycles. The van der Waals surface area contributed by atoms with Crippen molar-refractivity contribution in [3.63, 3.8) is 0 Å². The molecule has 0 unspecified atom stereocenters. The number of oxazole rings is 1. The largest absolute Gasteiger partial charge is 0.456 e. The van der Waals surface area contributed by atoms with E-state index in [-0.39, 0.29) is 24.7 Å². The molecule has 0 radical (unpaired) electrons. The van der Waals surface area contributed by atoms with Gasteiger partial charge in [-0.2, -0.15) is 0 Å². The van der Waals surface area contributed by atoms with Gasteiger partial charge >= 0.3 is 12.1 Å². The van der Waals surface area contributed by atoms with Crippen molar-refractivity contribution in [1.29, 1.82) is 0 Å². The number of hydrogen-bond donors (Lipinski definition) is 2. The topological polar surface area (TPSA) is 106 Å². The van der Waals surface area contributed by atoms with Crippen LogP contribution in [0.5, 0.6) is 0 Å². The molecular formula is C18H16ClN3O5. The zero-order valence-electron chi connectivity index (χ0n) is 14.3. The third-order valence-corrected chi connectivity index (χ3v) is 3.94. The minimum absolute atomic E-state index is 0.0444. The fourth-order valence-electron chi connectivity index (χ4n) is 2.39. The van der Waals surface area contributed by atoms with Crippen LogP contribution in [0.15, 0.2) is 41.2 Å². The van der Waals surface area contributed by atoms with Gasteiger partial charge in [-0.1, -0.05) is 29.8 Å². The van der Waals surface area contributed by atoms with Crippen molar-refractivity contribution in [1.82, 2.24) is 15.3 Å². The van der Waals surface area contributed by atoms with Gasteiger partial charge in [0.25, 0.3) is 0 Å². The molecule has 0 aliphatic carbocycles. The average Bonchev–Trinajstić information content (AvgIpc) is 3.30. The van der Waals surface area contributed by atoms with E-state index >= 15 is 0 Å². The van der Waals surface area contributed by atoms with E-state index in [4.69, 9.17) is 20.8 Å². The summed E-state index contributed by atoms with van der Waals surface area (Å²) < 4.78 is 14.9. The number of esters is 1. The zero-order valence-corrected chi connectivity index (χ0v) is 15.1. The van der Waals surface area contributed by atoms with Crippen LogP contribution in [-0.2, 0) is 16.1 Å². The van der Waals surface area contributed by atoms with E-state index in [1.165, 1.54) is 19.4 Å². The van der Waals surface area contributed by atoms with Crippen molar-refractivity contribution in [2.45, 2.75) is 6.61 Å². The first-order valence-corrected chi connectivity index (χ1v) is 8.31. The van der Waals surface area contributed by atoms with E-state index in [0.717, 1.165) is 16.5 Å². The first-order valence-electron chi connectivity index (χ1n) is 7.94. The van der Waals surface area contributed by atoms with Gasteiger partial charge in [0.05, 0.1) is 12.1 Å². The molecule has 9 heteroatoms. The SMILES string of the molecule is COC(=O)NC/C=C\c1nc(C(=O)OCc2cccc3[nH]cc(Cl)c23)co1. The van der Waals surface area contributed by atoms with E-state index in [1.54, 1.807) is 12.3 Å². The Hall–Kier alpha value is -3.26. The maximum Gasteiger partial charge on any atom is 0.407 e. The van der Waals surface area contributed by atoms with Crippen molar-refractivity contribution in [2.75, 3.05) is 13.7 Å². The molecule has 1 amide bonds. The van der Waals surface area contributed by atoms with Crippen molar-refractivity contribution >= 4 is 40.6 Å². The molecular weight excluding hydrogens is 374 g/mol. The number of ether oxygens (including phenoxy) is 2. The van der Waals surface area contributed by atoms with Gasteiger partial charge in [-0.15, -0.1) is 0 Å². The number of hydrogen-bond acceptors (Lipinski definition) is 6. The number of nitrogens with one attached hydrogen (secondary N) is 2. The summed E-state index contributed by atoms with van der Waals surface area (Å²) in [5.74, 6) is -0.404. The summed E-state index contributed by atoms with van der Waals surface area (Å²) in [6.45, 7) is 0.283. The van der Waals surface area contributed by atoms with Crippen LogP contribution >= 0.6 is 11.6 Å².